The van der Waals surface area contributed by atoms with Crippen molar-refractivity contribution in [2.75, 3.05) is 6.54 Å². The maximum atomic E-state index is 10.0. The molecule has 11 heavy (non-hydrogen) atoms. The molecule has 4 N–H and O–H groups in total. The molecule has 0 aromatic rings. The third kappa shape index (κ3) is 7.29. The third-order valence-electron chi connectivity index (χ3n) is 1.45. The van der Waals surface area contributed by atoms with E-state index >= 15 is 0 Å². The summed E-state index contributed by atoms with van der Waals surface area (Å²) in [5.41, 5.74) is 5.15. The summed E-state index contributed by atoms with van der Waals surface area (Å²) in [4.78, 5) is 10.0. The molecule has 0 aliphatic carbocycles. The molecule has 0 heterocycles. The Kier molecular flexibility index (Phi) is 5.78. The van der Waals surface area contributed by atoms with Gasteiger partial charge in [0.15, 0.2) is 0 Å². The fourth-order valence-corrected chi connectivity index (χ4v) is 0.774. The minimum Gasteiger partial charge on any atom is -0.481 e. The average Bonchev–Trinajstić information content (AvgIpc) is 1.97. The van der Waals surface area contributed by atoms with Crippen LogP contribution in [0.2, 0.25) is 0 Å². The summed E-state index contributed by atoms with van der Waals surface area (Å²) in [5.74, 6) is -0.785. The Balaban J connectivity index is 3.08. The SMILES string of the molecule is NCC(O)CCCCC(=O)O. The van der Waals surface area contributed by atoms with E-state index in [-0.39, 0.29) is 13.0 Å². The number of hydrogen-bond acceptors (Lipinski definition) is 3. The lowest BCUT2D eigenvalue weighted by atomic mass is 10.1. The van der Waals surface area contributed by atoms with E-state index in [1.54, 1.807) is 0 Å². The molecule has 0 spiro atoms. The molecule has 0 amide bonds. The van der Waals surface area contributed by atoms with Crippen molar-refractivity contribution >= 4 is 5.97 Å². The van der Waals surface area contributed by atoms with Gasteiger partial charge in [-0.15, -0.1) is 0 Å². The van der Waals surface area contributed by atoms with Crippen LogP contribution in [0.25, 0.3) is 0 Å². The van der Waals surface area contributed by atoms with Gasteiger partial charge in [0.25, 0.3) is 0 Å². The second-order valence-electron chi connectivity index (χ2n) is 2.53. The predicted octanol–water partition coefficient (Wildman–Crippen LogP) is -0.0490. The molecule has 0 aromatic carbocycles. The first-order chi connectivity index (χ1) is 5.16. The molecule has 0 aromatic heterocycles. The molecular formula is C7H15NO3. The summed E-state index contributed by atoms with van der Waals surface area (Å²) in [6.45, 7) is 0.257. The first-order valence-electron chi connectivity index (χ1n) is 3.76. The highest BCUT2D eigenvalue weighted by Gasteiger charge is 2.01. The van der Waals surface area contributed by atoms with Crippen LogP contribution in [-0.2, 0) is 4.79 Å². The van der Waals surface area contributed by atoms with Gasteiger partial charge in [0.1, 0.15) is 0 Å². The van der Waals surface area contributed by atoms with Gasteiger partial charge in [0.2, 0.25) is 0 Å². The monoisotopic (exact) mass is 161 g/mol. The van der Waals surface area contributed by atoms with E-state index in [4.69, 9.17) is 15.9 Å². The molecule has 0 aliphatic rings. The lowest BCUT2D eigenvalue weighted by Crippen LogP contribution is -2.19. The van der Waals surface area contributed by atoms with Crippen LogP contribution in [0.5, 0.6) is 0 Å². The Labute approximate surface area is 66.0 Å². The van der Waals surface area contributed by atoms with Crippen molar-refractivity contribution in [2.24, 2.45) is 5.73 Å². The summed E-state index contributed by atoms with van der Waals surface area (Å²) >= 11 is 0. The summed E-state index contributed by atoms with van der Waals surface area (Å²) < 4.78 is 0. The molecule has 0 fully saturated rings. The Morgan fingerprint density at radius 1 is 1.45 bits per heavy atom. The molecule has 4 nitrogen and oxygen atoms in total. The van der Waals surface area contributed by atoms with Gasteiger partial charge in [-0.1, -0.05) is 6.42 Å². The lowest BCUT2D eigenvalue weighted by Gasteiger charge is -2.05. The minimum atomic E-state index is -0.785. The quantitative estimate of drug-likeness (QED) is 0.477. The maximum absolute atomic E-state index is 10.0. The molecule has 1 unspecified atom stereocenters. The molecule has 0 rings (SSSR count). The number of hydrogen-bond donors (Lipinski definition) is 3. The fraction of sp³-hybridized carbons (Fsp3) is 0.857. The van der Waals surface area contributed by atoms with Crippen molar-refractivity contribution in [2.45, 2.75) is 31.8 Å². The number of unbranched alkanes of at least 4 members (excludes halogenated alkanes) is 1. The number of aliphatic carboxylic acids is 1. The van der Waals surface area contributed by atoms with Crippen LogP contribution < -0.4 is 5.73 Å². The van der Waals surface area contributed by atoms with Crippen LogP contribution in [0, 0.1) is 0 Å². The molecule has 1 atom stereocenters. The van der Waals surface area contributed by atoms with Gasteiger partial charge in [-0.25, -0.2) is 0 Å². The Morgan fingerprint density at radius 2 is 2.09 bits per heavy atom. The minimum absolute atomic E-state index is 0.178. The second-order valence-corrected chi connectivity index (χ2v) is 2.53. The standard InChI is InChI=1S/C7H15NO3/c8-5-6(9)3-1-2-4-7(10)11/h6,9H,1-5,8H2,(H,10,11). The zero-order valence-corrected chi connectivity index (χ0v) is 6.49. The van der Waals surface area contributed by atoms with E-state index in [2.05, 4.69) is 0 Å². The van der Waals surface area contributed by atoms with E-state index in [1.165, 1.54) is 0 Å². The highest BCUT2D eigenvalue weighted by molar-refractivity contribution is 5.66. The van der Waals surface area contributed by atoms with Crippen molar-refractivity contribution in [1.82, 2.24) is 0 Å². The summed E-state index contributed by atoms with van der Waals surface area (Å²) in [7, 11) is 0. The lowest BCUT2D eigenvalue weighted by molar-refractivity contribution is -0.137. The molecule has 4 heteroatoms. The number of aliphatic hydroxyl groups excluding tert-OH is 1. The second kappa shape index (κ2) is 6.12. The van der Waals surface area contributed by atoms with Gasteiger partial charge in [-0.2, -0.15) is 0 Å². The highest BCUT2D eigenvalue weighted by Crippen LogP contribution is 2.02. The topological polar surface area (TPSA) is 83.5 Å². The van der Waals surface area contributed by atoms with Crippen LogP contribution in [0.4, 0.5) is 0 Å². The largest absolute Gasteiger partial charge is 0.481 e. The predicted molar refractivity (Wildman–Crippen MR) is 41.2 cm³/mol. The summed E-state index contributed by atoms with van der Waals surface area (Å²) in [6, 6.07) is 0. The number of carboxylic acid groups (broad SMARTS) is 1. The number of nitrogens with two attached hydrogens (primary N) is 1. The van der Waals surface area contributed by atoms with Gasteiger partial charge in [-0.05, 0) is 12.8 Å². The molecule has 0 bridgehead atoms. The van der Waals surface area contributed by atoms with Crippen molar-refractivity contribution in [3.63, 3.8) is 0 Å². The molecule has 0 radical (unpaired) electrons. The van der Waals surface area contributed by atoms with Crippen LogP contribution in [-0.4, -0.2) is 28.8 Å². The van der Waals surface area contributed by atoms with Crippen LogP contribution in [0.15, 0.2) is 0 Å². The summed E-state index contributed by atoms with van der Waals surface area (Å²) in [6.07, 6.45) is 1.65. The normalized spacial score (nSPS) is 12.9. The third-order valence-corrected chi connectivity index (χ3v) is 1.45. The van der Waals surface area contributed by atoms with Crippen LogP contribution in [0.3, 0.4) is 0 Å². The van der Waals surface area contributed by atoms with E-state index < -0.39 is 12.1 Å². The Bertz CT molecular complexity index is 116. The molecule has 0 aliphatic heterocycles. The molecule has 66 valence electrons. The Hall–Kier alpha value is -0.610. The van der Waals surface area contributed by atoms with Gasteiger partial charge < -0.3 is 15.9 Å². The van der Waals surface area contributed by atoms with E-state index in [1.807, 2.05) is 0 Å². The highest BCUT2D eigenvalue weighted by atomic mass is 16.4. The molecular weight excluding hydrogens is 146 g/mol. The van der Waals surface area contributed by atoms with Gasteiger partial charge in [0.05, 0.1) is 6.10 Å². The Morgan fingerprint density at radius 3 is 2.55 bits per heavy atom. The van der Waals surface area contributed by atoms with Crippen LogP contribution in [0.1, 0.15) is 25.7 Å². The zero-order chi connectivity index (χ0) is 8.69. The number of carbonyl (C=O) groups is 1. The first kappa shape index (κ1) is 10.4. The van der Waals surface area contributed by atoms with E-state index in [9.17, 15) is 4.79 Å². The van der Waals surface area contributed by atoms with Gasteiger partial charge in [-0.3, -0.25) is 4.79 Å². The maximum Gasteiger partial charge on any atom is 0.303 e. The number of rotatable bonds is 6. The molecule has 0 saturated carbocycles. The van der Waals surface area contributed by atoms with Gasteiger partial charge in [0, 0.05) is 13.0 Å². The smallest absolute Gasteiger partial charge is 0.303 e. The van der Waals surface area contributed by atoms with Crippen molar-refractivity contribution < 1.29 is 15.0 Å². The van der Waals surface area contributed by atoms with Crippen molar-refractivity contribution in [3.05, 3.63) is 0 Å². The number of aliphatic hydroxyl groups is 1. The fourth-order valence-electron chi connectivity index (χ4n) is 0.774. The van der Waals surface area contributed by atoms with Crippen LogP contribution >= 0.6 is 0 Å². The van der Waals surface area contributed by atoms with Crippen molar-refractivity contribution in [3.8, 4) is 0 Å². The summed E-state index contributed by atoms with van der Waals surface area (Å²) in [5, 5.41) is 17.2. The first-order valence-corrected chi connectivity index (χ1v) is 3.76. The van der Waals surface area contributed by atoms with E-state index in [0.717, 1.165) is 6.42 Å². The van der Waals surface area contributed by atoms with Crippen molar-refractivity contribution in [1.29, 1.82) is 0 Å². The molecule has 0 saturated heterocycles. The van der Waals surface area contributed by atoms with Gasteiger partial charge >= 0.3 is 5.97 Å². The number of carboxylic acids is 1. The zero-order valence-electron chi connectivity index (χ0n) is 6.49. The average molecular weight is 161 g/mol. The van der Waals surface area contributed by atoms with E-state index in [0.29, 0.717) is 12.8 Å².